The molecule has 0 unspecified atom stereocenters. The van der Waals surface area contributed by atoms with Crippen LogP contribution in [0.4, 0.5) is 4.39 Å². The number of ketones is 1. The number of carbonyl (C=O) groups is 1. The van der Waals surface area contributed by atoms with Crippen molar-refractivity contribution in [3.05, 3.63) is 66.1 Å². The van der Waals surface area contributed by atoms with Gasteiger partial charge in [0.25, 0.3) is 10.0 Å². The fourth-order valence-corrected chi connectivity index (χ4v) is 3.68. The molecule has 0 spiro atoms. The summed E-state index contributed by atoms with van der Waals surface area (Å²) in [6.07, 6.45) is 1.36. The number of benzene rings is 2. The van der Waals surface area contributed by atoms with E-state index in [1.165, 1.54) is 31.3 Å². The van der Waals surface area contributed by atoms with Crippen LogP contribution in [-0.2, 0) is 10.0 Å². The number of carbonyl (C=O) groups excluding carboxylic acids is 1. The quantitative estimate of drug-likeness (QED) is 0.697. The summed E-state index contributed by atoms with van der Waals surface area (Å²) in [7, 11) is -3.81. The van der Waals surface area contributed by atoms with E-state index in [-0.39, 0.29) is 16.0 Å². The average molecular weight is 317 g/mol. The highest BCUT2D eigenvalue weighted by Gasteiger charge is 2.20. The Hall–Kier alpha value is -2.47. The third kappa shape index (κ3) is 2.21. The molecule has 0 N–H and O–H groups in total. The number of rotatable bonds is 3. The largest absolute Gasteiger partial charge is 0.294 e. The maximum atomic E-state index is 14.0. The fourth-order valence-electron chi connectivity index (χ4n) is 2.32. The Balaban J connectivity index is 2.25. The van der Waals surface area contributed by atoms with Gasteiger partial charge in [-0.05, 0) is 37.3 Å². The SMILES string of the molecule is CC(=O)c1cc2ccn(S(=O)(=O)c3ccccc3)c2cc1F. The molecule has 0 aliphatic heterocycles. The number of aromatic nitrogens is 1. The van der Waals surface area contributed by atoms with Crippen LogP contribution in [0.3, 0.4) is 0 Å². The third-order valence-electron chi connectivity index (χ3n) is 3.42. The summed E-state index contributed by atoms with van der Waals surface area (Å²) < 4.78 is 40.2. The van der Waals surface area contributed by atoms with Crippen LogP contribution in [0.1, 0.15) is 17.3 Å². The highest BCUT2D eigenvalue weighted by Crippen LogP contribution is 2.25. The molecule has 22 heavy (non-hydrogen) atoms. The lowest BCUT2D eigenvalue weighted by Crippen LogP contribution is -2.12. The third-order valence-corrected chi connectivity index (χ3v) is 5.13. The van der Waals surface area contributed by atoms with E-state index in [2.05, 4.69) is 0 Å². The predicted molar refractivity (Wildman–Crippen MR) is 80.9 cm³/mol. The molecule has 0 radical (unpaired) electrons. The van der Waals surface area contributed by atoms with E-state index in [0.29, 0.717) is 5.39 Å². The molecule has 2 aromatic carbocycles. The van der Waals surface area contributed by atoms with Crippen LogP contribution in [0, 0.1) is 5.82 Å². The lowest BCUT2D eigenvalue weighted by Gasteiger charge is -2.08. The number of nitrogens with zero attached hydrogens (tertiary/aromatic N) is 1. The summed E-state index contributed by atoms with van der Waals surface area (Å²) in [5.74, 6) is -1.14. The van der Waals surface area contributed by atoms with Gasteiger partial charge in [-0.2, -0.15) is 0 Å². The van der Waals surface area contributed by atoms with Gasteiger partial charge in [-0.15, -0.1) is 0 Å². The van der Waals surface area contributed by atoms with Gasteiger partial charge in [-0.1, -0.05) is 18.2 Å². The zero-order valence-electron chi connectivity index (χ0n) is 11.7. The molecule has 0 aliphatic rings. The normalized spacial score (nSPS) is 11.7. The lowest BCUT2D eigenvalue weighted by molar-refractivity contribution is 0.101. The van der Waals surface area contributed by atoms with Crippen molar-refractivity contribution in [2.24, 2.45) is 0 Å². The molecule has 0 bridgehead atoms. The first kappa shape index (κ1) is 14.5. The monoisotopic (exact) mass is 317 g/mol. The topological polar surface area (TPSA) is 56.1 Å². The second-order valence-electron chi connectivity index (χ2n) is 4.88. The average Bonchev–Trinajstić information content (AvgIpc) is 2.90. The van der Waals surface area contributed by atoms with Crippen molar-refractivity contribution in [2.75, 3.05) is 0 Å². The van der Waals surface area contributed by atoms with Gasteiger partial charge in [-0.25, -0.2) is 16.8 Å². The van der Waals surface area contributed by atoms with Crippen molar-refractivity contribution in [2.45, 2.75) is 11.8 Å². The number of hydrogen-bond acceptors (Lipinski definition) is 3. The molecule has 1 aromatic heterocycles. The van der Waals surface area contributed by atoms with Gasteiger partial charge in [0.2, 0.25) is 0 Å². The second kappa shape index (κ2) is 5.06. The van der Waals surface area contributed by atoms with Crippen LogP contribution in [0.25, 0.3) is 10.9 Å². The molecular formula is C16H12FNO3S. The van der Waals surface area contributed by atoms with Crippen LogP contribution >= 0.6 is 0 Å². The summed E-state index contributed by atoms with van der Waals surface area (Å²) in [6.45, 7) is 1.27. The molecule has 3 aromatic rings. The number of hydrogen-bond donors (Lipinski definition) is 0. The predicted octanol–water partition coefficient (Wildman–Crippen LogP) is 3.22. The second-order valence-corrected chi connectivity index (χ2v) is 6.69. The molecule has 0 amide bonds. The van der Waals surface area contributed by atoms with Crippen LogP contribution in [0.2, 0.25) is 0 Å². The van der Waals surface area contributed by atoms with Crippen molar-refractivity contribution in [1.29, 1.82) is 0 Å². The Bertz CT molecular complexity index is 975. The first-order valence-electron chi connectivity index (χ1n) is 6.53. The molecule has 0 fully saturated rings. The first-order valence-corrected chi connectivity index (χ1v) is 7.97. The van der Waals surface area contributed by atoms with Crippen LogP contribution < -0.4 is 0 Å². The Morgan fingerprint density at radius 3 is 2.41 bits per heavy atom. The molecule has 3 rings (SSSR count). The Morgan fingerprint density at radius 2 is 1.77 bits per heavy atom. The molecule has 0 aliphatic carbocycles. The Morgan fingerprint density at radius 1 is 1.09 bits per heavy atom. The number of Topliss-reactive ketones (excluding diaryl/α,β-unsaturated/α-hetero) is 1. The smallest absolute Gasteiger partial charge is 0.268 e. The Kier molecular flexibility index (Phi) is 3.33. The van der Waals surface area contributed by atoms with Crippen molar-refractivity contribution in [3.8, 4) is 0 Å². The van der Waals surface area contributed by atoms with Gasteiger partial charge in [-0.3, -0.25) is 4.79 Å². The first-order chi connectivity index (χ1) is 10.4. The van der Waals surface area contributed by atoms with Gasteiger partial charge in [0.05, 0.1) is 16.0 Å². The van der Waals surface area contributed by atoms with Crippen molar-refractivity contribution >= 4 is 26.7 Å². The molecule has 0 saturated heterocycles. The van der Waals surface area contributed by atoms with E-state index in [1.54, 1.807) is 24.3 Å². The Labute approximate surface area is 126 Å². The minimum absolute atomic E-state index is 0.0534. The van der Waals surface area contributed by atoms with Crippen LogP contribution in [-0.4, -0.2) is 18.2 Å². The van der Waals surface area contributed by atoms with E-state index in [9.17, 15) is 17.6 Å². The summed E-state index contributed by atoms with van der Waals surface area (Å²) in [5.41, 5.74) is 0.147. The zero-order valence-corrected chi connectivity index (χ0v) is 12.5. The van der Waals surface area contributed by atoms with Gasteiger partial charge in [0.15, 0.2) is 5.78 Å². The standard InChI is InChI=1S/C16H12FNO3S/c1-11(19)14-9-12-7-8-18(16(12)10-15(14)17)22(20,21)13-5-3-2-4-6-13/h2-10H,1H3. The fraction of sp³-hybridized carbons (Fsp3) is 0.0625. The molecule has 112 valence electrons. The molecule has 6 heteroatoms. The minimum atomic E-state index is -3.81. The van der Waals surface area contributed by atoms with Crippen LogP contribution in [0.5, 0.6) is 0 Å². The lowest BCUT2D eigenvalue weighted by atomic mass is 10.1. The summed E-state index contributed by atoms with van der Waals surface area (Å²) in [6, 6.07) is 11.9. The number of fused-ring (bicyclic) bond motifs is 1. The highest BCUT2D eigenvalue weighted by atomic mass is 32.2. The van der Waals surface area contributed by atoms with E-state index in [1.807, 2.05) is 0 Å². The van der Waals surface area contributed by atoms with Crippen molar-refractivity contribution < 1.29 is 17.6 Å². The van der Waals surface area contributed by atoms with E-state index >= 15 is 0 Å². The maximum absolute atomic E-state index is 14.0. The summed E-state index contributed by atoms with van der Waals surface area (Å²) in [4.78, 5) is 11.5. The van der Waals surface area contributed by atoms with E-state index < -0.39 is 21.6 Å². The van der Waals surface area contributed by atoms with Crippen molar-refractivity contribution in [1.82, 2.24) is 3.97 Å². The maximum Gasteiger partial charge on any atom is 0.268 e. The molecular weight excluding hydrogens is 305 g/mol. The van der Waals surface area contributed by atoms with Gasteiger partial charge >= 0.3 is 0 Å². The molecule has 1 heterocycles. The molecule has 4 nitrogen and oxygen atoms in total. The van der Waals surface area contributed by atoms with Gasteiger partial charge in [0, 0.05) is 11.6 Å². The zero-order chi connectivity index (χ0) is 15.9. The number of halogens is 1. The highest BCUT2D eigenvalue weighted by molar-refractivity contribution is 7.90. The van der Waals surface area contributed by atoms with Gasteiger partial charge in [0.1, 0.15) is 5.82 Å². The minimum Gasteiger partial charge on any atom is -0.294 e. The van der Waals surface area contributed by atoms with Gasteiger partial charge < -0.3 is 0 Å². The van der Waals surface area contributed by atoms with Crippen LogP contribution in [0.15, 0.2) is 59.6 Å². The van der Waals surface area contributed by atoms with Crippen molar-refractivity contribution in [3.63, 3.8) is 0 Å². The molecule has 0 atom stereocenters. The summed E-state index contributed by atoms with van der Waals surface area (Å²) >= 11 is 0. The van der Waals surface area contributed by atoms with E-state index in [0.717, 1.165) is 10.0 Å². The van der Waals surface area contributed by atoms with E-state index in [4.69, 9.17) is 0 Å². The molecule has 0 saturated carbocycles. The summed E-state index contributed by atoms with van der Waals surface area (Å²) in [5, 5.41) is 0.492.